The van der Waals surface area contributed by atoms with Gasteiger partial charge in [-0.1, -0.05) is 29.8 Å². The molecule has 40 heavy (non-hydrogen) atoms. The molecule has 210 valence electrons. The summed E-state index contributed by atoms with van der Waals surface area (Å²) in [6.45, 7) is 0. The number of halogens is 4. The molecule has 13 heteroatoms. The Morgan fingerprint density at radius 1 is 1.02 bits per heavy atom. The number of hydrogen-bond acceptors (Lipinski definition) is 6. The molecule has 5 rings (SSSR count). The lowest BCUT2D eigenvalue weighted by atomic mass is 9.85. The summed E-state index contributed by atoms with van der Waals surface area (Å²) in [5.41, 5.74) is 0.890. The first-order chi connectivity index (χ1) is 19.2. The number of nitrogens with zero attached hydrogens (tertiary/aromatic N) is 4. The standard InChI is InChI=1S/C20H18ClF3N6O2.C7H9N/c21-14-8-16(20(22,23)24)26-10-15(14)29-18(31)11-2-4-12(5-3-11)28-19(32)13-9-27-30-7-1-6-25-17(13)30;1-8-7-5-3-2-4-6-7/h1,6-12H,2-5H2,(H,28,32)(H,29,31);2-6,8H,1H3. The van der Waals surface area contributed by atoms with Crippen molar-refractivity contribution in [2.45, 2.75) is 37.9 Å². The van der Waals surface area contributed by atoms with Crippen LogP contribution in [0.5, 0.6) is 0 Å². The molecule has 0 bridgehead atoms. The summed E-state index contributed by atoms with van der Waals surface area (Å²) in [5.74, 6) is -0.973. The number of amides is 2. The molecule has 0 spiro atoms. The average Bonchev–Trinajstić information content (AvgIpc) is 3.39. The highest BCUT2D eigenvalue weighted by molar-refractivity contribution is 6.33. The molecule has 3 heterocycles. The van der Waals surface area contributed by atoms with Crippen molar-refractivity contribution in [3.63, 3.8) is 0 Å². The van der Waals surface area contributed by atoms with Crippen molar-refractivity contribution >= 4 is 40.4 Å². The fraction of sp³-hybridized carbons (Fsp3) is 0.296. The summed E-state index contributed by atoms with van der Waals surface area (Å²) >= 11 is 5.88. The fourth-order valence-electron chi connectivity index (χ4n) is 4.27. The minimum Gasteiger partial charge on any atom is -0.388 e. The van der Waals surface area contributed by atoms with E-state index in [0.717, 1.165) is 11.9 Å². The normalized spacial score (nSPS) is 16.9. The van der Waals surface area contributed by atoms with E-state index in [1.807, 2.05) is 37.4 Å². The Labute approximate surface area is 233 Å². The van der Waals surface area contributed by atoms with Gasteiger partial charge in [-0.05, 0) is 49.9 Å². The number of rotatable bonds is 5. The van der Waals surface area contributed by atoms with Crippen molar-refractivity contribution in [3.8, 4) is 0 Å². The molecule has 1 aliphatic carbocycles. The van der Waals surface area contributed by atoms with Gasteiger partial charge in [0.15, 0.2) is 5.65 Å². The maximum atomic E-state index is 12.7. The van der Waals surface area contributed by atoms with Crippen LogP contribution in [0.1, 0.15) is 41.7 Å². The summed E-state index contributed by atoms with van der Waals surface area (Å²) < 4.78 is 39.6. The van der Waals surface area contributed by atoms with Gasteiger partial charge in [-0.3, -0.25) is 9.59 Å². The first kappa shape index (κ1) is 28.8. The molecule has 0 atom stereocenters. The van der Waals surface area contributed by atoms with Crippen LogP contribution in [0.25, 0.3) is 5.65 Å². The highest BCUT2D eigenvalue weighted by Gasteiger charge is 2.33. The highest BCUT2D eigenvalue weighted by Crippen LogP contribution is 2.33. The van der Waals surface area contributed by atoms with Crippen LogP contribution < -0.4 is 16.0 Å². The van der Waals surface area contributed by atoms with Crippen LogP contribution in [0, 0.1) is 5.92 Å². The monoisotopic (exact) mass is 573 g/mol. The van der Waals surface area contributed by atoms with E-state index in [4.69, 9.17) is 11.6 Å². The molecule has 0 radical (unpaired) electrons. The summed E-state index contributed by atoms with van der Waals surface area (Å²) in [4.78, 5) is 32.6. The van der Waals surface area contributed by atoms with Gasteiger partial charge in [-0.25, -0.2) is 14.5 Å². The van der Waals surface area contributed by atoms with Gasteiger partial charge in [0.2, 0.25) is 5.91 Å². The number of para-hydroxylation sites is 1. The van der Waals surface area contributed by atoms with E-state index in [1.54, 1.807) is 18.5 Å². The molecular formula is C27H27ClF3N7O2. The van der Waals surface area contributed by atoms with Crippen LogP contribution in [-0.4, -0.2) is 44.5 Å². The SMILES string of the molecule is CNc1ccccc1.O=C(NC1CCC(C(=O)Nc2cnc(C(F)(F)F)cc2Cl)CC1)c1cnn2cccnc12. The molecule has 4 aromatic rings. The van der Waals surface area contributed by atoms with E-state index in [1.165, 1.54) is 10.7 Å². The van der Waals surface area contributed by atoms with Crippen LogP contribution >= 0.6 is 11.6 Å². The van der Waals surface area contributed by atoms with E-state index in [0.29, 0.717) is 43.0 Å². The van der Waals surface area contributed by atoms with Gasteiger partial charge in [0, 0.05) is 37.1 Å². The van der Waals surface area contributed by atoms with E-state index in [2.05, 4.69) is 31.0 Å². The van der Waals surface area contributed by atoms with Crippen molar-refractivity contribution in [2.24, 2.45) is 5.92 Å². The van der Waals surface area contributed by atoms with Gasteiger partial charge in [-0.15, -0.1) is 0 Å². The van der Waals surface area contributed by atoms with Gasteiger partial charge in [0.25, 0.3) is 5.91 Å². The number of anilines is 2. The van der Waals surface area contributed by atoms with Gasteiger partial charge < -0.3 is 16.0 Å². The zero-order valence-corrected chi connectivity index (χ0v) is 22.2. The van der Waals surface area contributed by atoms with Crippen LogP contribution in [0.3, 0.4) is 0 Å². The minimum atomic E-state index is -4.62. The van der Waals surface area contributed by atoms with Crippen molar-refractivity contribution in [2.75, 3.05) is 17.7 Å². The fourth-order valence-corrected chi connectivity index (χ4v) is 4.47. The van der Waals surface area contributed by atoms with Crippen LogP contribution in [0.2, 0.25) is 5.02 Å². The minimum absolute atomic E-state index is 0.0284. The van der Waals surface area contributed by atoms with Gasteiger partial charge >= 0.3 is 6.18 Å². The third-order valence-electron chi connectivity index (χ3n) is 6.42. The number of fused-ring (bicyclic) bond motifs is 1. The van der Waals surface area contributed by atoms with E-state index in [9.17, 15) is 22.8 Å². The van der Waals surface area contributed by atoms with Gasteiger partial charge in [0.05, 0.1) is 23.1 Å². The molecule has 0 unspecified atom stereocenters. The molecular weight excluding hydrogens is 547 g/mol. The zero-order valence-electron chi connectivity index (χ0n) is 21.5. The zero-order chi connectivity index (χ0) is 28.7. The summed E-state index contributed by atoms with van der Waals surface area (Å²) in [5, 5.41) is 12.4. The maximum absolute atomic E-state index is 12.7. The lowest BCUT2D eigenvalue weighted by Gasteiger charge is -2.28. The number of benzene rings is 1. The van der Waals surface area contributed by atoms with E-state index >= 15 is 0 Å². The Hall–Kier alpha value is -4.19. The van der Waals surface area contributed by atoms with E-state index < -0.39 is 11.9 Å². The number of carbonyl (C=O) groups is 2. The first-order valence-electron chi connectivity index (χ1n) is 12.5. The topological polar surface area (TPSA) is 113 Å². The molecule has 1 saturated carbocycles. The molecule has 3 N–H and O–H groups in total. The predicted octanol–water partition coefficient (Wildman–Crippen LogP) is 5.45. The lowest BCUT2D eigenvalue weighted by Crippen LogP contribution is -2.39. The van der Waals surface area contributed by atoms with Crippen LogP contribution in [-0.2, 0) is 11.0 Å². The maximum Gasteiger partial charge on any atom is 0.433 e. The Kier molecular flexibility index (Phi) is 9.20. The number of alkyl halides is 3. The van der Waals surface area contributed by atoms with Crippen molar-refractivity contribution in [3.05, 3.63) is 83.5 Å². The largest absolute Gasteiger partial charge is 0.433 e. The second-order valence-corrected chi connectivity index (χ2v) is 9.53. The van der Waals surface area contributed by atoms with Crippen molar-refractivity contribution in [1.82, 2.24) is 24.9 Å². The molecule has 3 aromatic heterocycles. The van der Waals surface area contributed by atoms with Crippen molar-refractivity contribution in [1.29, 1.82) is 0 Å². The number of aromatic nitrogens is 4. The van der Waals surface area contributed by atoms with Crippen molar-refractivity contribution < 1.29 is 22.8 Å². The quantitative estimate of drug-likeness (QED) is 0.292. The summed E-state index contributed by atoms with van der Waals surface area (Å²) in [7, 11) is 1.91. The lowest BCUT2D eigenvalue weighted by molar-refractivity contribution is -0.141. The predicted molar refractivity (Wildman–Crippen MR) is 145 cm³/mol. The third kappa shape index (κ3) is 7.26. The van der Waals surface area contributed by atoms with Gasteiger partial charge in [0.1, 0.15) is 11.3 Å². The molecule has 0 saturated heterocycles. The molecule has 1 aromatic carbocycles. The Bertz CT molecular complexity index is 1460. The number of nitrogens with one attached hydrogen (secondary N) is 3. The first-order valence-corrected chi connectivity index (χ1v) is 12.9. The highest BCUT2D eigenvalue weighted by atomic mass is 35.5. The Morgan fingerprint density at radius 2 is 1.75 bits per heavy atom. The van der Waals surface area contributed by atoms with Gasteiger partial charge in [-0.2, -0.15) is 18.3 Å². The molecule has 1 fully saturated rings. The Balaban J connectivity index is 0.000000398. The second kappa shape index (κ2) is 12.8. The number of hydrogen-bond donors (Lipinski definition) is 3. The van der Waals surface area contributed by atoms with Crippen LogP contribution in [0.15, 0.2) is 67.3 Å². The molecule has 1 aliphatic rings. The summed E-state index contributed by atoms with van der Waals surface area (Å²) in [6.07, 6.45) is 3.19. The van der Waals surface area contributed by atoms with E-state index in [-0.39, 0.29) is 34.5 Å². The van der Waals surface area contributed by atoms with Crippen LogP contribution in [0.4, 0.5) is 24.5 Å². The smallest absolute Gasteiger partial charge is 0.388 e. The number of pyridine rings is 1. The average molecular weight is 574 g/mol. The third-order valence-corrected chi connectivity index (χ3v) is 6.73. The molecule has 9 nitrogen and oxygen atoms in total. The number of carbonyl (C=O) groups excluding carboxylic acids is 2. The molecule has 2 amide bonds. The summed E-state index contributed by atoms with van der Waals surface area (Å²) in [6, 6.07) is 12.3. The molecule has 0 aliphatic heterocycles. The Morgan fingerprint density at radius 3 is 2.38 bits per heavy atom. The second-order valence-electron chi connectivity index (χ2n) is 9.12.